The van der Waals surface area contributed by atoms with Crippen LogP contribution < -0.4 is 11.1 Å². The van der Waals surface area contributed by atoms with Crippen molar-refractivity contribution in [1.82, 2.24) is 5.32 Å². The summed E-state index contributed by atoms with van der Waals surface area (Å²) < 4.78 is 0. The maximum Gasteiger partial charge on any atom is 0.130 e. The molecule has 0 radical (unpaired) electrons. The smallest absolute Gasteiger partial charge is 0.130 e. The van der Waals surface area contributed by atoms with Crippen LogP contribution in [0.1, 0.15) is 20.3 Å². The predicted molar refractivity (Wildman–Crippen MR) is 68.1 cm³/mol. The van der Waals surface area contributed by atoms with Crippen LogP contribution in [0, 0.1) is 17.8 Å². The topological polar surface area (TPSA) is 50.4 Å². The SMILES string of the molecule is CC1C=CCC(C)C1C1=CC=N[C@H](CN)N1. The van der Waals surface area contributed by atoms with Crippen molar-refractivity contribution in [3.05, 3.63) is 23.9 Å². The summed E-state index contributed by atoms with van der Waals surface area (Å²) in [5.41, 5.74) is 6.95. The first-order valence-corrected chi connectivity index (χ1v) is 6.09. The highest BCUT2D eigenvalue weighted by Gasteiger charge is 2.29. The molecular formula is C13H21N3. The van der Waals surface area contributed by atoms with Crippen LogP contribution in [0.25, 0.3) is 0 Å². The number of nitrogens with zero attached hydrogens (tertiary/aromatic N) is 1. The number of hydrogen-bond donors (Lipinski definition) is 2. The molecule has 0 fully saturated rings. The van der Waals surface area contributed by atoms with Gasteiger partial charge in [-0.1, -0.05) is 26.0 Å². The van der Waals surface area contributed by atoms with E-state index in [0.717, 1.165) is 0 Å². The molecule has 2 aliphatic rings. The normalized spacial score (nSPS) is 38.1. The Morgan fingerprint density at radius 1 is 1.50 bits per heavy atom. The maximum absolute atomic E-state index is 5.65. The van der Waals surface area contributed by atoms with Gasteiger partial charge in [0.2, 0.25) is 0 Å². The van der Waals surface area contributed by atoms with E-state index in [-0.39, 0.29) is 6.17 Å². The third-order valence-electron chi connectivity index (χ3n) is 3.56. The van der Waals surface area contributed by atoms with E-state index in [1.165, 1.54) is 12.1 Å². The average molecular weight is 219 g/mol. The lowest BCUT2D eigenvalue weighted by atomic mass is 9.75. The van der Waals surface area contributed by atoms with Gasteiger partial charge in [-0.15, -0.1) is 0 Å². The molecular weight excluding hydrogens is 198 g/mol. The first-order valence-electron chi connectivity index (χ1n) is 6.09. The van der Waals surface area contributed by atoms with E-state index in [0.29, 0.717) is 24.3 Å². The van der Waals surface area contributed by atoms with Crippen LogP contribution in [0.3, 0.4) is 0 Å². The highest BCUT2D eigenvalue weighted by atomic mass is 15.1. The molecule has 0 spiro atoms. The lowest BCUT2D eigenvalue weighted by Gasteiger charge is -2.35. The van der Waals surface area contributed by atoms with Crippen LogP contribution in [0.15, 0.2) is 28.9 Å². The molecule has 3 unspecified atom stereocenters. The Kier molecular flexibility index (Phi) is 3.44. The molecule has 3 nitrogen and oxygen atoms in total. The van der Waals surface area contributed by atoms with Crippen LogP contribution in [0.5, 0.6) is 0 Å². The zero-order chi connectivity index (χ0) is 11.5. The Morgan fingerprint density at radius 3 is 3.00 bits per heavy atom. The minimum absolute atomic E-state index is 0.0605. The molecule has 4 atom stereocenters. The van der Waals surface area contributed by atoms with Gasteiger partial charge in [0, 0.05) is 24.4 Å². The quantitative estimate of drug-likeness (QED) is 0.694. The molecule has 3 heteroatoms. The van der Waals surface area contributed by atoms with Crippen molar-refractivity contribution in [2.45, 2.75) is 26.4 Å². The fraction of sp³-hybridized carbons (Fsp3) is 0.615. The molecule has 0 bridgehead atoms. The first kappa shape index (κ1) is 11.4. The van der Waals surface area contributed by atoms with E-state index in [1.807, 2.05) is 6.21 Å². The molecule has 0 saturated heterocycles. The fourth-order valence-electron chi connectivity index (χ4n) is 2.71. The summed E-state index contributed by atoms with van der Waals surface area (Å²) in [7, 11) is 0. The van der Waals surface area contributed by atoms with Crippen molar-refractivity contribution in [2.24, 2.45) is 28.5 Å². The van der Waals surface area contributed by atoms with Gasteiger partial charge in [-0.3, -0.25) is 4.99 Å². The highest BCUT2D eigenvalue weighted by molar-refractivity contribution is 5.73. The second-order valence-corrected chi connectivity index (χ2v) is 4.84. The second kappa shape index (κ2) is 4.83. The molecule has 1 heterocycles. The molecule has 0 aromatic heterocycles. The maximum atomic E-state index is 5.65. The Labute approximate surface area is 97.5 Å². The number of nitrogens with one attached hydrogen (secondary N) is 1. The van der Waals surface area contributed by atoms with Gasteiger partial charge in [0.05, 0.1) is 0 Å². The predicted octanol–water partition coefficient (Wildman–Crippen LogP) is 1.68. The number of allylic oxidation sites excluding steroid dienone is 4. The van der Waals surface area contributed by atoms with Crippen molar-refractivity contribution in [2.75, 3.05) is 6.54 Å². The summed E-state index contributed by atoms with van der Waals surface area (Å²) in [5.74, 6) is 1.85. The van der Waals surface area contributed by atoms with E-state index < -0.39 is 0 Å². The highest BCUT2D eigenvalue weighted by Crippen LogP contribution is 2.34. The van der Waals surface area contributed by atoms with Crippen molar-refractivity contribution in [3.63, 3.8) is 0 Å². The Morgan fingerprint density at radius 2 is 2.31 bits per heavy atom. The summed E-state index contributed by atoms with van der Waals surface area (Å²) in [5, 5.41) is 3.44. The lowest BCUT2D eigenvalue weighted by molar-refractivity contribution is 0.303. The van der Waals surface area contributed by atoms with Gasteiger partial charge in [-0.05, 0) is 24.3 Å². The molecule has 0 amide bonds. The number of hydrogen-bond acceptors (Lipinski definition) is 3. The van der Waals surface area contributed by atoms with Crippen molar-refractivity contribution in [1.29, 1.82) is 0 Å². The Balaban J connectivity index is 2.15. The molecule has 3 N–H and O–H groups in total. The molecule has 0 saturated carbocycles. The van der Waals surface area contributed by atoms with Crippen molar-refractivity contribution >= 4 is 6.21 Å². The second-order valence-electron chi connectivity index (χ2n) is 4.84. The molecule has 1 aliphatic heterocycles. The number of nitrogens with two attached hydrogens (primary N) is 1. The van der Waals surface area contributed by atoms with Gasteiger partial charge in [0.15, 0.2) is 0 Å². The van der Waals surface area contributed by atoms with Gasteiger partial charge in [-0.2, -0.15) is 0 Å². The zero-order valence-corrected chi connectivity index (χ0v) is 10.1. The summed E-state index contributed by atoms with van der Waals surface area (Å²) in [6.45, 7) is 5.15. The molecule has 0 aromatic carbocycles. The standard InChI is InChI=1S/C13H21N3/c1-9-4-3-5-10(2)13(9)11-6-7-15-12(8-14)16-11/h3-4,6-7,9-10,12-13,16H,5,8,14H2,1-2H3/t9?,10?,12-,13?/m0/s1. The van der Waals surface area contributed by atoms with Crippen LogP contribution in [-0.2, 0) is 0 Å². The van der Waals surface area contributed by atoms with E-state index in [2.05, 4.69) is 42.4 Å². The minimum Gasteiger partial charge on any atom is -0.366 e. The lowest BCUT2D eigenvalue weighted by Crippen LogP contribution is -2.41. The molecule has 1 aliphatic carbocycles. The monoisotopic (exact) mass is 219 g/mol. The van der Waals surface area contributed by atoms with Crippen molar-refractivity contribution in [3.8, 4) is 0 Å². The zero-order valence-electron chi connectivity index (χ0n) is 10.1. The third kappa shape index (κ3) is 2.19. The van der Waals surface area contributed by atoms with Crippen LogP contribution in [0.2, 0.25) is 0 Å². The third-order valence-corrected chi connectivity index (χ3v) is 3.56. The Bertz CT molecular complexity index is 330. The summed E-state index contributed by atoms with van der Waals surface area (Å²) >= 11 is 0. The fourth-order valence-corrected chi connectivity index (χ4v) is 2.71. The summed E-state index contributed by atoms with van der Waals surface area (Å²) in [6.07, 6.45) is 9.83. The molecule has 2 rings (SSSR count). The van der Waals surface area contributed by atoms with Crippen LogP contribution >= 0.6 is 0 Å². The van der Waals surface area contributed by atoms with Gasteiger partial charge in [0.1, 0.15) is 6.17 Å². The van der Waals surface area contributed by atoms with E-state index in [4.69, 9.17) is 5.73 Å². The van der Waals surface area contributed by atoms with Gasteiger partial charge in [-0.25, -0.2) is 0 Å². The molecule has 0 aromatic rings. The van der Waals surface area contributed by atoms with Crippen LogP contribution in [-0.4, -0.2) is 18.9 Å². The number of rotatable bonds is 2. The number of aliphatic imine (C=N–C) groups is 1. The van der Waals surface area contributed by atoms with E-state index in [1.54, 1.807) is 0 Å². The Hall–Kier alpha value is -1.09. The van der Waals surface area contributed by atoms with Gasteiger partial charge in [0.25, 0.3) is 0 Å². The summed E-state index contributed by atoms with van der Waals surface area (Å²) in [6, 6.07) is 0. The molecule has 88 valence electrons. The van der Waals surface area contributed by atoms with Crippen molar-refractivity contribution < 1.29 is 0 Å². The van der Waals surface area contributed by atoms with Gasteiger partial charge < -0.3 is 11.1 Å². The first-order chi connectivity index (χ1) is 7.72. The summed E-state index contributed by atoms with van der Waals surface area (Å²) in [4.78, 5) is 4.29. The molecule has 16 heavy (non-hydrogen) atoms. The van der Waals surface area contributed by atoms with Gasteiger partial charge >= 0.3 is 0 Å². The minimum atomic E-state index is 0.0605. The average Bonchev–Trinajstić information content (AvgIpc) is 2.29. The van der Waals surface area contributed by atoms with E-state index in [9.17, 15) is 0 Å². The van der Waals surface area contributed by atoms with E-state index >= 15 is 0 Å². The largest absolute Gasteiger partial charge is 0.366 e. The van der Waals surface area contributed by atoms with Crippen LogP contribution in [0.4, 0.5) is 0 Å².